The fourth-order valence-corrected chi connectivity index (χ4v) is 5.35. The van der Waals surface area contributed by atoms with Crippen LogP contribution in [-0.4, -0.2) is 40.9 Å². The number of rotatable bonds is 6. The molecular weight excluding hydrogens is 462 g/mol. The summed E-state index contributed by atoms with van der Waals surface area (Å²) in [5.41, 5.74) is 5.08. The predicted molar refractivity (Wildman–Crippen MR) is 147 cm³/mol. The molecule has 1 saturated heterocycles. The molecule has 2 aliphatic heterocycles. The minimum Gasteiger partial charge on any atom is -0.508 e. The van der Waals surface area contributed by atoms with E-state index in [1.54, 1.807) is 30.3 Å². The second kappa shape index (κ2) is 10.2. The zero-order valence-corrected chi connectivity index (χ0v) is 21.6. The maximum Gasteiger partial charge on any atom is 0.150 e. The van der Waals surface area contributed by atoms with Crippen LogP contribution in [0.15, 0.2) is 60.7 Å². The van der Waals surface area contributed by atoms with E-state index in [1.807, 2.05) is 37.3 Å². The zero-order chi connectivity index (χ0) is 26.1. The van der Waals surface area contributed by atoms with Crippen LogP contribution < -0.4 is 9.47 Å². The lowest BCUT2D eigenvalue weighted by Crippen LogP contribution is -2.35. The van der Waals surface area contributed by atoms with Crippen LogP contribution in [0.5, 0.6) is 23.0 Å². The molecule has 5 heteroatoms. The van der Waals surface area contributed by atoms with Gasteiger partial charge in [-0.3, -0.25) is 4.90 Å². The maximum atomic E-state index is 10.2. The summed E-state index contributed by atoms with van der Waals surface area (Å²) in [7, 11) is 0. The summed E-state index contributed by atoms with van der Waals surface area (Å²) in [5.74, 6) is 5.23. The smallest absolute Gasteiger partial charge is 0.150 e. The lowest BCUT2D eigenvalue weighted by molar-refractivity contribution is 0.169. The molecular formula is C32H33NO4. The molecule has 3 aromatic rings. The molecule has 3 unspecified atom stereocenters. The first-order chi connectivity index (χ1) is 17.8. The molecule has 37 heavy (non-hydrogen) atoms. The third-order valence-electron chi connectivity index (χ3n) is 7.46. The first kappa shape index (κ1) is 24.8. The van der Waals surface area contributed by atoms with E-state index in [9.17, 15) is 10.2 Å². The Bertz CT molecular complexity index is 1390. The van der Waals surface area contributed by atoms with Crippen molar-refractivity contribution < 1.29 is 19.7 Å². The molecule has 5 nitrogen and oxygen atoms in total. The van der Waals surface area contributed by atoms with E-state index < -0.39 is 6.10 Å². The van der Waals surface area contributed by atoms with Gasteiger partial charge in [-0.05, 0) is 91.9 Å². The van der Waals surface area contributed by atoms with Crippen LogP contribution >= 0.6 is 0 Å². The van der Waals surface area contributed by atoms with E-state index in [1.165, 1.54) is 6.42 Å². The SMILES string of the molecule is C#Cc1cc(C2Oc3ccc(O)cc3C(C)=C2c2cccc(O)c2)ccc1OCC(C)N1CCC(C)C1. The molecule has 0 amide bonds. The van der Waals surface area contributed by atoms with Crippen molar-refractivity contribution in [3.8, 4) is 35.3 Å². The summed E-state index contributed by atoms with van der Waals surface area (Å²) in [6.45, 7) is 9.28. The monoisotopic (exact) mass is 495 g/mol. The van der Waals surface area contributed by atoms with Gasteiger partial charge in [-0.1, -0.05) is 31.0 Å². The molecule has 5 rings (SSSR count). The summed E-state index contributed by atoms with van der Waals surface area (Å²) in [5, 5.41) is 20.3. The van der Waals surface area contributed by atoms with E-state index in [2.05, 4.69) is 24.7 Å². The molecule has 2 aliphatic rings. The van der Waals surface area contributed by atoms with Crippen molar-refractivity contribution in [1.82, 2.24) is 4.90 Å². The van der Waals surface area contributed by atoms with Gasteiger partial charge in [0.2, 0.25) is 0 Å². The van der Waals surface area contributed by atoms with E-state index in [4.69, 9.17) is 15.9 Å². The number of benzene rings is 3. The van der Waals surface area contributed by atoms with Gasteiger partial charge < -0.3 is 19.7 Å². The van der Waals surface area contributed by atoms with Gasteiger partial charge in [0, 0.05) is 23.7 Å². The Morgan fingerprint density at radius 1 is 1.11 bits per heavy atom. The number of hydrogen-bond acceptors (Lipinski definition) is 5. The molecule has 1 fully saturated rings. The Kier molecular flexibility index (Phi) is 6.86. The number of hydrogen-bond donors (Lipinski definition) is 2. The maximum absolute atomic E-state index is 10.2. The average molecular weight is 496 g/mol. The van der Waals surface area contributed by atoms with Crippen molar-refractivity contribution in [2.75, 3.05) is 19.7 Å². The Balaban J connectivity index is 1.48. The molecule has 190 valence electrons. The summed E-state index contributed by atoms with van der Waals surface area (Å²) in [4.78, 5) is 2.47. The normalized spacial score (nSPS) is 20.2. The first-order valence-corrected chi connectivity index (χ1v) is 12.8. The van der Waals surface area contributed by atoms with Crippen molar-refractivity contribution in [1.29, 1.82) is 0 Å². The standard InChI is InChI=1S/C32H33NO4/c1-5-23-15-25(9-11-29(23)36-19-21(3)33-14-13-20(2)18-33)32-31(24-7-6-8-26(34)16-24)22(4)28-17-27(35)10-12-30(28)37-32/h1,6-12,15-17,20-21,32,34-35H,13-14,18-19H2,2-4H3. The quantitative estimate of drug-likeness (QED) is 0.396. The Morgan fingerprint density at radius 2 is 1.92 bits per heavy atom. The van der Waals surface area contributed by atoms with Gasteiger partial charge in [0.25, 0.3) is 0 Å². The minimum absolute atomic E-state index is 0.171. The number of nitrogens with zero attached hydrogens (tertiary/aromatic N) is 1. The summed E-state index contributed by atoms with van der Waals surface area (Å²) in [6, 6.07) is 18.4. The van der Waals surface area contributed by atoms with Gasteiger partial charge in [0.05, 0.1) is 5.56 Å². The van der Waals surface area contributed by atoms with Gasteiger partial charge in [0.1, 0.15) is 35.7 Å². The van der Waals surface area contributed by atoms with Gasteiger partial charge in [-0.15, -0.1) is 6.42 Å². The van der Waals surface area contributed by atoms with Crippen molar-refractivity contribution in [3.63, 3.8) is 0 Å². The lowest BCUT2D eigenvalue weighted by atomic mass is 9.85. The van der Waals surface area contributed by atoms with E-state index in [0.717, 1.165) is 46.8 Å². The highest BCUT2D eigenvalue weighted by Crippen LogP contribution is 2.48. The van der Waals surface area contributed by atoms with Crippen LogP contribution in [0.4, 0.5) is 0 Å². The zero-order valence-electron chi connectivity index (χ0n) is 21.6. The largest absolute Gasteiger partial charge is 0.508 e. The molecule has 2 N–H and O–H groups in total. The lowest BCUT2D eigenvalue weighted by Gasteiger charge is -2.31. The fraction of sp³-hybridized carbons (Fsp3) is 0.312. The minimum atomic E-state index is -0.454. The molecule has 0 saturated carbocycles. The van der Waals surface area contributed by atoms with Crippen LogP contribution in [0.2, 0.25) is 0 Å². The molecule has 0 bridgehead atoms. The van der Waals surface area contributed by atoms with Gasteiger partial charge in [-0.25, -0.2) is 0 Å². The third kappa shape index (κ3) is 5.03. The average Bonchev–Trinajstić information content (AvgIpc) is 3.33. The number of likely N-dealkylation sites (tertiary alicyclic amines) is 1. The molecule has 2 heterocycles. The molecule has 0 spiro atoms. The predicted octanol–water partition coefficient (Wildman–Crippen LogP) is 6.25. The highest BCUT2D eigenvalue weighted by Gasteiger charge is 2.30. The summed E-state index contributed by atoms with van der Waals surface area (Å²) >= 11 is 0. The third-order valence-corrected chi connectivity index (χ3v) is 7.46. The van der Waals surface area contributed by atoms with E-state index in [0.29, 0.717) is 29.7 Å². The van der Waals surface area contributed by atoms with Crippen molar-refractivity contribution in [2.24, 2.45) is 5.92 Å². The second-order valence-corrected chi connectivity index (χ2v) is 10.2. The van der Waals surface area contributed by atoms with Crippen molar-refractivity contribution in [2.45, 2.75) is 39.3 Å². The van der Waals surface area contributed by atoms with Gasteiger partial charge >= 0.3 is 0 Å². The Hall–Kier alpha value is -3.88. The molecule has 3 atom stereocenters. The van der Waals surface area contributed by atoms with Crippen molar-refractivity contribution >= 4 is 11.1 Å². The summed E-state index contributed by atoms with van der Waals surface area (Å²) in [6.07, 6.45) is 6.70. The van der Waals surface area contributed by atoms with Crippen molar-refractivity contribution in [3.05, 3.63) is 82.9 Å². The van der Waals surface area contributed by atoms with Crippen LogP contribution in [0.3, 0.4) is 0 Å². The van der Waals surface area contributed by atoms with E-state index >= 15 is 0 Å². The van der Waals surface area contributed by atoms with Gasteiger partial charge in [0.15, 0.2) is 0 Å². The number of aromatic hydroxyl groups is 2. The number of terminal acetylenes is 1. The topological polar surface area (TPSA) is 62.2 Å². The van der Waals surface area contributed by atoms with Crippen LogP contribution in [0.1, 0.15) is 55.5 Å². The molecule has 0 aliphatic carbocycles. The Morgan fingerprint density at radius 3 is 2.65 bits per heavy atom. The number of phenolic OH excluding ortho intramolecular Hbond substituents is 2. The number of phenols is 2. The highest BCUT2D eigenvalue weighted by molar-refractivity contribution is 5.96. The van der Waals surface area contributed by atoms with Crippen LogP contribution in [0, 0.1) is 18.3 Å². The van der Waals surface area contributed by atoms with E-state index in [-0.39, 0.29) is 11.5 Å². The highest BCUT2D eigenvalue weighted by atomic mass is 16.5. The molecule has 0 aromatic heterocycles. The van der Waals surface area contributed by atoms with Gasteiger partial charge in [-0.2, -0.15) is 0 Å². The van der Waals surface area contributed by atoms with Crippen LogP contribution in [0.25, 0.3) is 11.1 Å². The molecule has 0 radical (unpaired) electrons. The number of ether oxygens (including phenoxy) is 2. The first-order valence-electron chi connectivity index (χ1n) is 12.8. The molecule has 3 aromatic carbocycles. The number of allylic oxidation sites excluding steroid dienone is 1. The Labute approximate surface area is 219 Å². The van der Waals surface area contributed by atoms with Crippen LogP contribution in [-0.2, 0) is 0 Å². The second-order valence-electron chi connectivity index (χ2n) is 10.2. The fourth-order valence-electron chi connectivity index (χ4n) is 5.35. The summed E-state index contributed by atoms with van der Waals surface area (Å²) < 4.78 is 12.7. The number of fused-ring (bicyclic) bond motifs is 1.